The predicted octanol–water partition coefficient (Wildman–Crippen LogP) is 3.87. The molecule has 0 unspecified atom stereocenters. The summed E-state index contributed by atoms with van der Waals surface area (Å²) in [4.78, 5) is 38.4. The number of ether oxygens (including phenoxy) is 1. The van der Waals surface area contributed by atoms with E-state index in [4.69, 9.17) is 4.74 Å². The molecule has 30 heavy (non-hydrogen) atoms. The number of carbonyl (C=O) groups excluding carboxylic acids is 3. The van der Waals surface area contributed by atoms with E-state index in [1.54, 1.807) is 29.2 Å². The smallest absolute Gasteiger partial charge is 0.338 e. The lowest BCUT2D eigenvalue weighted by Crippen LogP contribution is -2.33. The first-order valence-electron chi connectivity index (χ1n) is 10.4. The molecule has 2 aromatic carbocycles. The lowest BCUT2D eigenvalue weighted by Gasteiger charge is -2.21. The summed E-state index contributed by atoms with van der Waals surface area (Å²) in [6, 6.07) is 16.4. The van der Waals surface area contributed by atoms with Crippen LogP contribution < -0.4 is 10.2 Å². The zero-order valence-electron chi connectivity index (χ0n) is 17.5. The summed E-state index contributed by atoms with van der Waals surface area (Å²) >= 11 is 0. The molecular formula is C24H28N2O4. The Kier molecular flexibility index (Phi) is 7.22. The molecule has 1 aliphatic heterocycles. The lowest BCUT2D eigenvalue weighted by atomic mass is 9.97. The zero-order valence-corrected chi connectivity index (χ0v) is 17.5. The van der Waals surface area contributed by atoms with Crippen LogP contribution in [0.3, 0.4) is 0 Å². The molecule has 6 nitrogen and oxygen atoms in total. The van der Waals surface area contributed by atoms with Crippen LogP contribution in [0, 0.1) is 5.92 Å². The van der Waals surface area contributed by atoms with Gasteiger partial charge in [0.05, 0.1) is 11.6 Å². The Bertz CT molecular complexity index is 895. The standard InChI is InChI=1S/C24H28N2O4/c1-17(2)14-21(18-8-4-3-5-9-18)25-22(27)16-30-24(29)19-10-6-11-20(15-19)26-13-7-12-23(26)28/h3-6,8-11,15,17,21H,7,12-14,16H2,1-2H3,(H,25,27)/t21-/m1/s1. The normalized spacial score (nSPS) is 14.6. The third kappa shape index (κ3) is 5.69. The van der Waals surface area contributed by atoms with Crippen molar-refractivity contribution < 1.29 is 19.1 Å². The maximum atomic E-state index is 12.4. The van der Waals surface area contributed by atoms with Gasteiger partial charge in [0.15, 0.2) is 6.61 Å². The van der Waals surface area contributed by atoms with E-state index in [9.17, 15) is 14.4 Å². The fourth-order valence-electron chi connectivity index (χ4n) is 3.61. The minimum absolute atomic E-state index is 0.0528. The molecule has 0 radical (unpaired) electrons. The van der Waals surface area contributed by atoms with E-state index in [1.165, 1.54) is 0 Å². The Hall–Kier alpha value is -3.15. The summed E-state index contributed by atoms with van der Waals surface area (Å²) in [6.45, 7) is 4.49. The maximum absolute atomic E-state index is 12.4. The summed E-state index contributed by atoms with van der Waals surface area (Å²) in [6.07, 6.45) is 2.12. The molecule has 3 rings (SSSR count). The lowest BCUT2D eigenvalue weighted by molar-refractivity contribution is -0.125. The number of hydrogen-bond acceptors (Lipinski definition) is 4. The highest BCUT2D eigenvalue weighted by atomic mass is 16.5. The van der Waals surface area contributed by atoms with Gasteiger partial charge in [-0.1, -0.05) is 50.2 Å². The van der Waals surface area contributed by atoms with Gasteiger partial charge < -0.3 is 15.0 Å². The number of anilines is 1. The molecular weight excluding hydrogens is 380 g/mol. The average Bonchev–Trinajstić information content (AvgIpc) is 3.18. The van der Waals surface area contributed by atoms with E-state index >= 15 is 0 Å². The number of hydrogen-bond donors (Lipinski definition) is 1. The number of amides is 2. The molecule has 2 amide bonds. The summed E-state index contributed by atoms with van der Waals surface area (Å²) < 4.78 is 5.22. The van der Waals surface area contributed by atoms with Crippen molar-refractivity contribution in [3.05, 3.63) is 65.7 Å². The van der Waals surface area contributed by atoms with Gasteiger partial charge in [0, 0.05) is 18.7 Å². The van der Waals surface area contributed by atoms with Gasteiger partial charge in [-0.2, -0.15) is 0 Å². The first-order chi connectivity index (χ1) is 14.4. The van der Waals surface area contributed by atoms with Crippen molar-refractivity contribution in [3.63, 3.8) is 0 Å². The van der Waals surface area contributed by atoms with Crippen LogP contribution in [0.25, 0.3) is 0 Å². The SMILES string of the molecule is CC(C)C[C@@H](NC(=O)COC(=O)c1cccc(N2CCCC2=O)c1)c1ccccc1. The van der Waals surface area contributed by atoms with Crippen molar-refractivity contribution in [1.29, 1.82) is 0 Å². The second kappa shape index (κ2) is 10.1. The van der Waals surface area contributed by atoms with E-state index in [2.05, 4.69) is 19.2 Å². The monoisotopic (exact) mass is 408 g/mol. The van der Waals surface area contributed by atoms with Crippen LogP contribution >= 0.6 is 0 Å². The molecule has 0 saturated carbocycles. The number of benzene rings is 2. The van der Waals surface area contributed by atoms with Crippen molar-refractivity contribution in [2.45, 2.75) is 39.2 Å². The van der Waals surface area contributed by atoms with Gasteiger partial charge in [0.1, 0.15) is 0 Å². The van der Waals surface area contributed by atoms with Crippen LogP contribution in [0.5, 0.6) is 0 Å². The number of carbonyl (C=O) groups is 3. The van der Waals surface area contributed by atoms with E-state index < -0.39 is 5.97 Å². The van der Waals surface area contributed by atoms with Gasteiger partial charge in [-0.15, -0.1) is 0 Å². The molecule has 0 aliphatic carbocycles. The molecule has 1 fully saturated rings. The Balaban J connectivity index is 1.58. The van der Waals surface area contributed by atoms with Crippen LogP contribution in [0.1, 0.15) is 55.1 Å². The highest BCUT2D eigenvalue weighted by molar-refractivity contribution is 5.97. The minimum atomic E-state index is -0.584. The van der Waals surface area contributed by atoms with Crippen LogP contribution in [-0.4, -0.2) is 30.9 Å². The van der Waals surface area contributed by atoms with Crippen LogP contribution in [-0.2, 0) is 14.3 Å². The predicted molar refractivity (Wildman–Crippen MR) is 115 cm³/mol. The molecule has 2 aromatic rings. The van der Waals surface area contributed by atoms with Crippen LogP contribution in [0.4, 0.5) is 5.69 Å². The Morgan fingerprint density at radius 2 is 1.87 bits per heavy atom. The highest BCUT2D eigenvalue weighted by Gasteiger charge is 2.23. The van der Waals surface area contributed by atoms with Crippen molar-refractivity contribution in [3.8, 4) is 0 Å². The summed E-state index contributed by atoms with van der Waals surface area (Å²) in [5.41, 5.74) is 2.02. The van der Waals surface area contributed by atoms with Crippen molar-refractivity contribution >= 4 is 23.5 Å². The van der Waals surface area contributed by atoms with Gasteiger partial charge in [0.2, 0.25) is 5.91 Å². The van der Waals surface area contributed by atoms with Gasteiger partial charge in [-0.05, 0) is 42.5 Å². The Morgan fingerprint density at radius 3 is 2.53 bits per heavy atom. The number of esters is 1. The average molecular weight is 408 g/mol. The molecule has 1 saturated heterocycles. The van der Waals surface area contributed by atoms with Crippen molar-refractivity contribution in [1.82, 2.24) is 5.32 Å². The third-order valence-corrected chi connectivity index (χ3v) is 5.05. The maximum Gasteiger partial charge on any atom is 0.338 e. The van der Waals surface area contributed by atoms with Crippen molar-refractivity contribution in [2.24, 2.45) is 5.92 Å². The molecule has 1 heterocycles. The topological polar surface area (TPSA) is 75.7 Å². The van der Waals surface area contributed by atoms with Gasteiger partial charge in [0.25, 0.3) is 5.91 Å². The summed E-state index contributed by atoms with van der Waals surface area (Å²) in [5.74, 6) is -0.478. The van der Waals surface area contributed by atoms with E-state index in [0.717, 1.165) is 18.4 Å². The Morgan fingerprint density at radius 1 is 1.10 bits per heavy atom. The largest absolute Gasteiger partial charge is 0.452 e. The molecule has 6 heteroatoms. The van der Waals surface area contributed by atoms with Gasteiger partial charge in [-0.25, -0.2) is 4.79 Å². The number of rotatable bonds is 8. The number of nitrogens with one attached hydrogen (secondary N) is 1. The second-order valence-electron chi connectivity index (χ2n) is 7.94. The van der Waals surface area contributed by atoms with Crippen LogP contribution in [0.2, 0.25) is 0 Å². The third-order valence-electron chi connectivity index (χ3n) is 5.05. The minimum Gasteiger partial charge on any atom is -0.452 e. The molecule has 0 bridgehead atoms. The van der Waals surface area contributed by atoms with Gasteiger partial charge >= 0.3 is 5.97 Å². The van der Waals surface area contributed by atoms with E-state index in [1.807, 2.05) is 30.3 Å². The molecule has 1 N–H and O–H groups in total. The Labute approximate surface area is 177 Å². The van der Waals surface area contributed by atoms with Gasteiger partial charge in [-0.3, -0.25) is 9.59 Å². The molecule has 1 atom stereocenters. The van der Waals surface area contributed by atoms with E-state index in [0.29, 0.717) is 30.1 Å². The summed E-state index contributed by atoms with van der Waals surface area (Å²) in [5, 5.41) is 2.96. The molecule has 158 valence electrons. The first kappa shape index (κ1) is 21.6. The quantitative estimate of drug-likeness (QED) is 0.673. The fraction of sp³-hybridized carbons (Fsp3) is 0.375. The second-order valence-corrected chi connectivity index (χ2v) is 7.94. The molecule has 0 aromatic heterocycles. The van der Waals surface area contributed by atoms with Crippen LogP contribution in [0.15, 0.2) is 54.6 Å². The first-order valence-corrected chi connectivity index (χ1v) is 10.4. The summed E-state index contributed by atoms with van der Waals surface area (Å²) in [7, 11) is 0. The zero-order chi connectivity index (χ0) is 21.5. The molecule has 0 spiro atoms. The molecule has 1 aliphatic rings. The highest BCUT2D eigenvalue weighted by Crippen LogP contribution is 2.23. The van der Waals surface area contributed by atoms with E-state index in [-0.39, 0.29) is 24.5 Å². The van der Waals surface area contributed by atoms with Crippen molar-refractivity contribution in [2.75, 3.05) is 18.1 Å². The fourth-order valence-corrected chi connectivity index (χ4v) is 3.61. The number of nitrogens with zero attached hydrogens (tertiary/aromatic N) is 1.